The molecule has 0 amide bonds. The SMILES string of the molecule is CN(CCC(N)c1cccc(Cl)c1)c1ccccc1. The van der Waals surface area contributed by atoms with E-state index in [2.05, 4.69) is 24.1 Å². The lowest BCUT2D eigenvalue weighted by molar-refractivity contribution is 0.645. The second-order valence-corrected chi connectivity index (χ2v) is 5.14. The molecule has 0 aliphatic rings. The van der Waals surface area contributed by atoms with Crippen molar-refractivity contribution in [2.24, 2.45) is 5.73 Å². The van der Waals surface area contributed by atoms with Crippen LogP contribution in [0.2, 0.25) is 5.02 Å². The molecule has 0 aliphatic heterocycles. The van der Waals surface area contributed by atoms with Crippen LogP contribution in [-0.4, -0.2) is 13.6 Å². The molecule has 0 fully saturated rings. The second kappa shape index (κ2) is 6.60. The molecule has 0 spiro atoms. The third kappa shape index (κ3) is 3.98. The van der Waals surface area contributed by atoms with E-state index >= 15 is 0 Å². The lowest BCUT2D eigenvalue weighted by Gasteiger charge is -2.21. The van der Waals surface area contributed by atoms with Gasteiger partial charge in [0.25, 0.3) is 0 Å². The predicted octanol–water partition coefficient (Wildman–Crippen LogP) is 3.87. The first-order valence-corrected chi connectivity index (χ1v) is 6.82. The van der Waals surface area contributed by atoms with Crippen LogP contribution >= 0.6 is 11.6 Å². The number of anilines is 1. The molecule has 0 radical (unpaired) electrons. The summed E-state index contributed by atoms with van der Waals surface area (Å²) in [5.41, 5.74) is 8.51. The first-order valence-electron chi connectivity index (χ1n) is 6.44. The molecule has 0 aliphatic carbocycles. The van der Waals surface area contributed by atoms with Crippen molar-refractivity contribution in [2.75, 3.05) is 18.5 Å². The largest absolute Gasteiger partial charge is 0.375 e. The van der Waals surface area contributed by atoms with Crippen LogP contribution in [0.1, 0.15) is 18.0 Å². The normalized spacial score (nSPS) is 12.2. The van der Waals surface area contributed by atoms with Crippen LogP contribution in [0.25, 0.3) is 0 Å². The maximum absolute atomic E-state index is 6.20. The van der Waals surface area contributed by atoms with Gasteiger partial charge in [0.2, 0.25) is 0 Å². The molecule has 2 nitrogen and oxygen atoms in total. The van der Waals surface area contributed by atoms with Crippen molar-refractivity contribution in [1.82, 2.24) is 0 Å². The Kier molecular flexibility index (Phi) is 4.83. The molecule has 0 heterocycles. The molecule has 0 bridgehead atoms. The van der Waals surface area contributed by atoms with Crippen LogP contribution in [0.15, 0.2) is 54.6 Å². The Morgan fingerprint density at radius 3 is 2.53 bits per heavy atom. The Morgan fingerprint density at radius 1 is 1.11 bits per heavy atom. The quantitative estimate of drug-likeness (QED) is 0.897. The standard InChI is InChI=1S/C16H19ClN2/c1-19(15-8-3-2-4-9-15)11-10-16(18)13-6-5-7-14(17)12-13/h2-9,12,16H,10-11,18H2,1H3. The molecule has 19 heavy (non-hydrogen) atoms. The fourth-order valence-electron chi connectivity index (χ4n) is 2.05. The molecule has 2 rings (SSSR count). The molecular formula is C16H19ClN2. The van der Waals surface area contributed by atoms with Gasteiger partial charge in [-0.05, 0) is 36.2 Å². The number of rotatable bonds is 5. The Morgan fingerprint density at radius 2 is 1.84 bits per heavy atom. The number of halogens is 1. The monoisotopic (exact) mass is 274 g/mol. The van der Waals surface area contributed by atoms with Crippen LogP contribution in [0.5, 0.6) is 0 Å². The highest BCUT2D eigenvalue weighted by atomic mass is 35.5. The molecule has 0 saturated heterocycles. The van der Waals surface area contributed by atoms with Crippen molar-refractivity contribution >= 4 is 17.3 Å². The lowest BCUT2D eigenvalue weighted by Crippen LogP contribution is -2.23. The third-order valence-electron chi connectivity index (χ3n) is 3.25. The van der Waals surface area contributed by atoms with E-state index in [-0.39, 0.29) is 6.04 Å². The fourth-order valence-corrected chi connectivity index (χ4v) is 2.25. The summed E-state index contributed by atoms with van der Waals surface area (Å²) >= 11 is 5.98. The molecule has 2 N–H and O–H groups in total. The lowest BCUT2D eigenvalue weighted by atomic mass is 10.0. The highest BCUT2D eigenvalue weighted by Gasteiger charge is 2.08. The second-order valence-electron chi connectivity index (χ2n) is 4.71. The van der Waals surface area contributed by atoms with E-state index in [9.17, 15) is 0 Å². The molecule has 2 aromatic carbocycles. The Labute approximate surface area is 119 Å². The number of nitrogens with zero attached hydrogens (tertiary/aromatic N) is 1. The zero-order valence-electron chi connectivity index (χ0n) is 11.1. The fraction of sp³-hybridized carbons (Fsp3) is 0.250. The Balaban J connectivity index is 1.92. The molecule has 0 aromatic heterocycles. The summed E-state index contributed by atoms with van der Waals surface area (Å²) in [5, 5.41) is 0.740. The van der Waals surface area contributed by atoms with E-state index in [1.165, 1.54) is 5.69 Å². The van der Waals surface area contributed by atoms with Crippen LogP contribution in [0, 0.1) is 0 Å². The molecule has 1 unspecified atom stereocenters. The average Bonchev–Trinajstić information content (AvgIpc) is 2.45. The van der Waals surface area contributed by atoms with Gasteiger partial charge in [0.15, 0.2) is 0 Å². The Hall–Kier alpha value is -1.51. The van der Waals surface area contributed by atoms with E-state index in [1.54, 1.807) is 0 Å². The summed E-state index contributed by atoms with van der Waals surface area (Å²) < 4.78 is 0. The minimum absolute atomic E-state index is 0.0184. The first-order chi connectivity index (χ1) is 9.16. The van der Waals surface area contributed by atoms with Crippen LogP contribution in [-0.2, 0) is 0 Å². The van der Waals surface area contributed by atoms with E-state index in [4.69, 9.17) is 17.3 Å². The van der Waals surface area contributed by atoms with Crippen molar-refractivity contribution in [3.63, 3.8) is 0 Å². The van der Waals surface area contributed by atoms with Crippen LogP contribution < -0.4 is 10.6 Å². The van der Waals surface area contributed by atoms with E-state index in [1.807, 2.05) is 42.5 Å². The van der Waals surface area contributed by atoms with Gasteiger partial charge in [-0.1, -0.05) is 41.9 Å². The van der Waals surface area contributed by atoms with Crippen LogP contribution in [0.3, 0.4) is 0 Å². The summed E-state index contributed by atoms with van der Waals surface area (Å²) in [6.45, 7) is 0.914. The zero-order valence-corrected chi connectivity index (χ0v) is 11.8. The maximum Gasteiger partial charge on any atom is 0.0409 e. The molecular weight excluding hydrogens is 256 g/mol. The van der Waals surface area contributed by atoms with Gasteiger partial charge in [0.1, 0.15) is 0 Å². The van der Waals surface area contributed by atoms with Crippen LogP contribution in [0.4, 0.5) is 5.69 Å². The number of para-hydroxylation sites is 1. The number of hydrogen-bond acceptors (Lipinski definition) is 2. The summed E-state index contributed by atoms with van der Waals surface area (Å²) in [5.74, 6) is 0. The van der Waals surface area contributed by atoms with Crippen molar-refractivity contribution in [2.45, 2.75) is 12.5 Å². The molecule has 1 atom stereocenters. The van der Waals surface area contributed by atoms with E-state index in [0.717, 1.165) is 23.6 Å². The molecule has 2 aromatic rings. The Bertz CT molecular complexity index is 513. The zero-order chi connectivity index (χ0) is 13.7. The van der Waals surface area contributed by atoms with Crippen molar-refractivity contribution in [3.05, 3.63) is 65.2 Å². The van der Waals surface area contributed by atoms with E-state index < -0.39 is 0 Å². The summed E-state index contributed by atoms with van der Waals surface area (Å²) in [6, 6.07) is 18.1. The molecule has 3 heteroatoms. The number of nitrogens with two attached hydrogens (primary N) is 1. The van der Waals surface area contributed by atoms with Crippen molar-refractivity contribution in [1.29, 1.82) is 0 Å². The van der Waals surface area contributed by atoms with Gasteiger partial charge in [-0.15, -0.1) is 0 Å². The van der Waals surface area contributed by atoms with Gasteiger partial charge in [-0.25, -0.2) is 0 Å². The van der Waals surface area contributed by atoms with Gasteiger partial charge in [0, 0.05) is 30.3 Å². The van der Waals surface area contributed by atoms with Gasteiger partial charge < -0.3 is 10.6 Å². The predicted molar refractivity (Wildman–Crippen MR) is 82.7 cm³/mol. The first kappa shape index (κ1) is 13.9. The molecule has 0 saturated carbocycles. The summed E-state index contributed by atoms with van der Waals surface area (Å²) in [7, 11) is 2.08. The maximum atomic E-state index is 6.20. The summed E-state index contributed by atoms with van der Waals surface area (Å²) in [6.07, 6.45) is 0.895. The van der Waals surface area contributed by atoms with Crippen molar-refractivity contribution < 1.29 is 0 Å². The number of hydrogen-bond donors (Lipinski definition) is 1. The van der Waals surface area contributed by atoms with Crippen molar-refractivity contribution in [3.8, 4) is 0 Å². The third-order valence-corrected chi connectivity index (χ3v) is 3.48. The highest BCUT2D eigenvalue weighted by Crippen LogP contribution is 2.20. The minimum Gasteiger partial charge on any atom is -0.375 e. The topological polar surface area (TPSA) is 29.3 Å². The highest BCUT2D eigenvalue weighted by molar-refractivity contribution is 6.30. The van der Waals surface area contributed by atoms with Gasteiger partial charge in [-0.2, -0.15) is 0 Å². The smallest absolute Gasteiger partial charge is 0.0409 e. The van der Waals surface area contributed by atoms with Gasteiger partial charge >= 0.3 is 0 Å². The number of benzene rings is 2. The van der Waals surface area contributed by atoms with E-state index in [0.29, 0.717) is 0 Å². The van der Waals surface area contributed by atoms with Gasteiger partial charge in [-0.3, -0.25) is 0 Å². The molecule has 100 valence electrons. The summed E-state index contributed by atoms with van der Waals surface area (Å²) in [4.78, 5) is 2.21. The minimum atomic E-state index is 0.0184. The average molecular weight is 275 g/mol. The van der Waals surface area contributed by atoms with Gasteiger partial charge in [0.05, 0.1) is 0 Å².